The number of carbonyl (C=O) groups excluding carboxylic acids is 3. The lowest BCUT2D eigenvalue weighted by Crippen LogP contribution is -2.47. The van der Waals surface area contributed by atoms with E-state index in [1.54, 1.807) is 25.7 Å². The Balaban J connectivity index is 1.68. The van der Waals surface area contributed by atoms with E-state index < -0.39 is 35.2 Å². The quantitative estimate of drug-likeness (QED) is 0.555. The molecule has 1 heterocycles. The highest BCUT2D eigenvalue weighted by Crippen LogP contribution is 2.29. The standard InChI is InChI=1S/C24H32F3N3O4/c1-24(2,3)34-23(33)29-16(9-15-10-19(26)20(27)12-18(15)25)11-21(31)30-8-4-5-17(30)13-28-22(32)14-6-7-14/h10,12,14,16-17H,4-9,11,13H2,1-3H3,(H,28,32)(H,29,33)/t16-,17+/m1/s1. The van der Waals surface area contributed by atoms with Crippen molar-refractivity contribution in [3.8, 4) is 0 Å². The summed E-state index contributed by atoms with van der Waals surface area (Å²) in [6.07, 6.45) is 2.06. The summed E-state index contributed by atoms with van der Waals surface area (Å²) >= 11 is 0. The fourth-order valence-corrected chi connectivity index (χ4v) is 4.05. The molecule has 188 valence electrons. The summed E-state index contributed by atoms with van der Waals surface area (Å²) in [5.74, 6) is -3.72. The van der Waals surface area contributed by atoms with Gasteiger partial charge in [0.1, 0.15) is 11.4 Å². The van der Waals surface area contributed by atoms with E-state index in [1.165, 1.54) is 0 Å². The van der Waals surface area contributed by atoms with Crippen molar-refractivity contribution >= 4 is 17.9 Å². The summed E-state index contributed by atoms with van der Waals surface area (Å²) in [5, 5.41) is 5.46. The van der Waals surface area contributed by atoms with Gasteiger partial charge < -0.3 is 20.3 Å². The van der Waals surface area contributed by atoms with Gasteiger partial charge in [0.15, 0.2) is 11.6 Å². The van der Waals surface area contributed by atoms with E-state index in [4.69, 9.17) is 4.74 Å². The minimum absolute atomic E-state index is 0.00224. The molecule has 1 aromatic carbocycles. The number of hydrogen-bond acceptors (Lipinski definition) is 4. The Morgan fingerprint density at radius 2 is 1.76 bits per heavy atom. The topological polar surface area (TPSA) is 87.7 Å². The second-order valence-corrected chi connectivity index (χ2v) is 10.0. The van der Waals surface area contributed by atoms with Gasteiger partial charge in [0.25, 0.3) is 0 Å². The monoisotopic (exact) mass is 483 g/mol. The first-order chi connectivity index (χ1) is 15.9. The maximum Gasteiger partial charge on any atom is 0.407 e. The molecule has 0 aromatic heterocycles. The molecule has 2 aliphatic rings. The smallest absolute Gasteiger partial charge is 0.407 e. The van der Waals surface area contributed by atoms with Gasteiger partial charge in [-0.25, -0.2) is 18.0 Å². The van der Waals surface area contributed by atoms with Crippen LogP contribution in [0, 0.1) is 23.4 Å². The molecule has 1 aromatic rings. The Morgan fingerprint density at radius 1 is 1.09 bits per heavy atom. The van der Waals surface area contributed by atoms with Crippen LogP contribution >= 0.6 is 0 Å². The van der Waals surface area contributed by atoms with Crippen molar-refractivity contribution in [2.24, 2.45) is 5.92 Å². The molecule has 2 fully saturated rings. The normalized spacial score (nSPS) is 19.0. The number of benzene rings is 1. The minimum Gasteiger partial charge on any atom is -0.444 e. The first-order valence-corrected chi connectivity index (χ1v) is 11.6. The molecule has 3 rings (SSSR count). The molecule has 1 saturated heterocycles. The van der Waals surface area contributed by atoms with Crippen molar-refractivity contribution in [3.05, 3.63) is 35.1 Å². The van der Waals surface area contributed by atoms with Gasteiger partial charge in [-0.3, -0.25) is 9.59 Å². The maximum absolute atomic E-state index is 14.3. The number of ether oxygens (including phenoxy) is 1. The van der Waals surface area contributed by atoms with Gasteiger partial charge in [-0.2, -0.15) is 0 Å². The lowest BCUT2D eigenvalue weighted by Gasteiger charge is -2.28. The van der Waals surface area contributed by atoms with E-state index in [-0.39, 0.29) is 42.2 Å². The highest BCUT2D eigenvalue weighted by molar-refractivity contribution is 5.81. The minimum atomic E-state index is -1.32. The fraction of sp³-hybridized carbons (Fsp3) is 0.625. The third kappa shape index (κ3) is 7.36. The van der Waals surface area contributed by atoms with Gasteiger partial charge >= 0.3 is 6.09 Å². The average Bonchev–Trinajstić information content (AvgIpc) is 3.46. The van der Waals surface area contributed by atoms with E-state index in [2.05, 4.69) is 10.6 Å². The Morgan fingerprint density at radius 3 is 2.41 bits per heavy atom. The predicted molar refractivity (Wildman–Crippen MR) is 118 cm³/mol. The number of rotatable bonds is 8. The number of halogens is 3. The van der Waals surface area contributed by atoms with Gasteiger partial charge in [-0.1, -0.05) is 0 Å². The number of hydrogen-bond donors (Lipinski definition) is 2. The number of nitrogens with one attached hydrogen (secondary N) is 2. The summed E-state index contributed by atoms with van der Waals surface area (Å²) in [5.41, 5.74) is -0.964. The van der Waals surface area contributed by atoms with Crippen molar-refractivity contribution in [2.75, 3.05) is 13.1 Å². The lowest BCUT2D eigenvalue weighted by molar-refractivity contribution is -0.133. The first-order valence-electron chi connectivity index (χ1n) is 11.6. The Hall–Kier alpha value is -2.78. The summed E-state index contributed by atoms with van der Waals surface area (Å²) in [7, 11) is 0. The number of nitrogens with zero attached hydrogens (tertiary/aromatic N) is 1. The number of amides is 3. The summed E-state index contributed by atoms with van der Waals surface area (Å²) in [4.78, 5) is 39.1. The zero-order chi connectivity index (χ0) is 25.0. The Kier molecular flexibility index (Phi) is 8.09. The Bertz CT molecular complexity index is 931. The molecule has 10 heteroatoms. The molecule has 7 nitrogen and oxygen atoms in total. The molecular weight excluding hydrogens is 451 g/mol. The van der Waals surface area contributed by atoms with Crippen LogP contribution in [0.4, 0.5) is 18.0 Å². The van der Waals surface area contributed by atoms with Crippen LogP contribution in [0.3, 0.4) is 0 Å². The van der Waals surface area contributed by atoms with Crippen LogP contribution in [0.25, 0.3) is 0 Å². The molecule has 1 aliphatic heterocycles. The van der Waals surface area contributed by atoms with Crippen molar-refractivity contribution in [2.45, 2.75) is 77.0 Å². The van der Waals surface area contributed by atoms with Gasteiger partial charge in [0.2, 0.25) is 11.8 Å². The average molecular weight is 484 g/mol. The van der Waals surface area contributed by atoms with E-state index in [9.17, 15) is 27.6 Å². The molecule has 34 heavy (non-hydrogen) atoms. The SMILES string of the molecule is CC(C)(C)OC(=O)N[C@@H](CC(=O)N1CCC[C@H]1CNC(=O)C1CC1)Cc1cc(F)c(F)cc1F. The van der Waals surface area contributed by atoms with Crippen LogP contribution in [-0.4, -0.2) is 53.6 Å². The second-order valence-electron chi connectivity index (χ2n) is 10.0. The summed E-state index contributed by atoms with van der Waals surface area (Å²) in [6.45, 7) is 5.87. The van der Waals surface area contributed by atoms with Gasteiger partial charge in [0.05, 0.1) is 0 Å². The van der Waals surface area contributed by atoms with Crippen LogP contribution in [0.15, 0.2) is 12.1 Å². The zero-order valence-corrected chi connectivity index (χ0v) is 19.8. The lowest BCUT2D eigenvalue weighted by atomic mass is 10.0. The first kappa shape index (κ1) is 25.8. The molecule has 2 atom stereocenters. The Labute approximate surface area is 197 Å². The van der Waals surface area contributed by atoms with E-state index in [0.717, 1.165) is 31.7 Å². The van der Waals surface area contributed by atoms with Crippen molar-refractivity contribution in [1.29, 1.82) is 0 Å². The van der Waals surface area contributed by atoms with Crippen LogP contribution in [-0.2, 0) is 20.7 Å². The molecule has 0 radical (unpaired) electrons. The maximum atomic E-state index is 14.3. The molecule has 1 saturated carbocycles. The van der Waals surface area contributed by atoms with Gasteiger partial charge in [-0.05, 0) is 64.5 Å². The number of carbonyl (C=O) groups is 3. The van der Waals surface area contributed by atoms with E-state index in [0.29, 0.717) is 19.2 Å². The fourth-order valence-electron chi connectivity index (χ4n) is 4.05. The van der Waals surface area contributed by atoms with E-state index >= 15 is 0 Å². The van der Waals surface area contributed by atoms with Crippen LogP contribution < -0.4 is 10.6 Å². The third-order valence-corrected chi connectivity index (χ3v) is 5.86. The molecule has 0 spiro atoms. The molecule has 3 amide bonds. The van der Waals surface area contributed by atoms with Crippen molar-refractivity contribution in [3.63, 3.8) is 0 Å². The second kappa shape index (κ2) is 10.7. The number of alkyl carbamates (subject to hydrolysis) is 1. The predicted octanol–water partition coefficient (Wildman–Crippen LogP) is 3.45. The molecule has 2 N–H and O–H groups in total. The van der Waals surface area contributed by atoms with Crippen molar-refractivity contribution < 1.29 is 32.3 Å². The van der Waals surface area contributed by atoms with E-state index in [1.807, 2.05) is 0 Å². The molecule has 1 aliphatic carbocycles. The van der Waals surface area contributed by atoms with Crippen molar-refractivity contribution in [1.82, 2.24) is 15.5 Å². The largest absolute Gasteiger partial charge is 0.444 e. The summed E-state index contributed by atoms with van der Waals surface area (Å²) < 4.78 is 46.5. The van der Waals surface area contributed by atoms with Crippen LogP contribution in [0.5, 0.6) is 0 Å². The molecular formula is C24H32F3N3O4. The summed E-state index contributed by atoms with van der Waals surface area (Å²) in [6, 6.07) is 0.0857. The molecule has 0 unspecified atom stereocenters. The highest BCUT2D eigenvalue weighted by Gasteiger charge is 2.34. The molecule has 0 bridgehead atoms. The van der Waals surface area contributed by atoms with Crippen LogP contribution in [0.2, 0.25) is 0 Å². The van der Waals surface area contributed by atoms with Crippen LogP contribution in [0.1, 0.15) is 58.4 Å². The zero-order valence-electron chi connectivity index (χ0n) is 19.8. The number of likely N-dealkylation sites (tertiary alicyclic amines) is 1. The highest BCUT2D eigenvalue weighted by atomic mass is 19.2. The van der Waals surface area contributed by atoms with Gasteiger partial charge in [-0.15, -0.1) is 0 Å². The van der Waals surface area contributed by atoms with Gasteiger partial charge in [0, 0.05) is 43.6 Å². The third-order valence-electron chi connectivity index (χ3n) is 5.86.